The van der Waals surface area contributed by atoms with E-state index in [0.717, 1.165) is 64.1 Å². The summed E-state index contributed by atoms with van der Waals surface area (Å²) < 4.78 is 13.1. The highest BCUT2D eigenvalue weighted by atomic mass is 19.1. The van der Waals surface area contributed by atoms with Gasteiger partial charge < -0.3 is 10.2 Å². The first-order chi connectivity index (χ1) is 15.6. The number of hydrogen-bond acceptors (Lipinski definition) is 3. The summed E-state index contributed by atoms with van der Waals surface area (Å²) in [5, 5.41) is 3.34. The Balaban J connectivity index is 1.11. The van der Waals surface area contributed by atoms with Gasteiger partial charge in [-0.1, -0.05) is 19.3 Å². The number of piperidine rings is 1. The number of benzene rings is 1. The van der Waals surface area contributed by atoms with E-state index >= 15 is 0 Å². The van der Waals surface area contributed by atoms with E-state index in [2.05, 4.69) is 10.2 Å². The van der Waals surface area contributed by atoms with Crippen LogP contribution in [0.2, 0.25) is 0 Å². The van der Waals surface area contributed by atoms with Gasteiger partial charge in [0.05, 0.1) is 0 Å². The van der Waals surface area contributed by atoms with Gasteiger partial charge in [-0.15, -0.1) is 0 Å². The number of carbonyl (C=O) groups excluding carboxylic acids is 2. The molecule has 3 aliphatic rings. The van der Waals surface area contributed by atoms with E-state index in [1.807, 2.05) is 0 Å². The summed E-state index contributed by atoms with van der Waals surface area (Å²) in [5.41, 5.74) is 0.636. The average molecular weight is 443 g/mol. The molecule has 1 aromatic rings. The van der Waals surface area contributed by atoms with Crippen molar-refractivity contribution in [1.82, 2.24) is 10.2 Å². The maximum Gasteiger partial charge on any atom is 0.223 e. The Morgan fingerprint density at radius 2 is 1.50 bits per heavy atom. The molecular weight excluding hydrogens is 403 g/mol. The normalized spacial score (nSPS) is 26.0. The van der Waals surface area contributed by atoms with Crippen LogP contribution in [0.15, 0.2) is 24.3 Å². The lowest BCUT2D eigenvalue weighted by atomic mass is 9.83. The molecule has 0 aromatic heterocycles. The smallest absolute Gasteiger partial charge is 0.223 e. The summed E-state index contributed by atoms with van der Waals surface area (Å²) in [6.07, 6.45) is 13.6. The minimum atomic E-state index is -0.294. The maximum atomic E-state index is 13.1. The van der Waals surface area contributed by atoms with Gasteiger partial charge in [-0.2, -0.15) is 0 Å². The molecule has 0 spiro atoms. The van der Waals surface area contributed by atoms with E-state index in [0.29, 0.717) is 17.5 Å². The fourth-order valence-electron chi connectivity index (χ4n) is 5.91. The van der Waals surface area contributed by atoms with Crippen molar-refractivity contribution in [2.45, 2.75) is 83.1 Å². The van der Waals surface area contributed by atoms with Crippen molar-refractivity contribution in [3.63, 3.8) is 0 Å². The third-order valence-corrected chi connectivity index (χ3v) is 8.11. The number of amides is 1. The molecule has 1 N–H and O–H groups in total. The van der Waals surface area contributed by atoms with Gasteiger partial charge in [-0.05, 0) is 108 Å². The van der Waals surface area contributed by atoms with Gasteiger partial charge in [-0.3, -0.25) is 9.59 Å². The Morgan fingerprint density at radius 3 is 2.16 bits per heavy atom. The summed E-state index contributed by atoms with van der Waals surface area (Å²) in [5.74, 6) is 1.28. The van der Waals surface area contributed by atoms with Crippen molar-refractivity contribution >= 4 is 11.7 Å². The number of nitrogens with one attached hydrogen (secondary N) is 1. The lowest BCUT2D eigenvalue weighted by molar-refractivity contribution is -0.126. The first-order valence-electron chi connectivity index (χ1n) is 12.9. The maximum absolute atomic E-state index is 13.1. The zero-order valence-electron chi connectivity index (χ0n) is 19.4. The molecule has 2 aliphatic carbocycles. The second-order valence-corrected chi connectivity index (χ2v) is 10.3. The molecule has 0 radical (unpaired) electrons. The van der Waals surface area contributed by atoms with E-state index in [4.69, 9.17) is 0 Å². The molecule has 0 bridgehead atoms. The van der Waals surface area contributed by atoms with Crippen LogP contribution < -0.4 is 5.32 Å². The minimum Gasteiger partial charge on any atom is -0.353 e. The molecule has 1 saturated heterocycles. The van der Waals surface area contributed by atoms with Crippen molar-refractivity contribution in [3.8, 4) is 0 Å². The molecule has 1 heterocycles. The molecule has 2 saturated carbocycles. The second-order valence-electron chi connectivity index (χ2n) is 10.3. The van der Waals surface area contributed by atoms with E-state index in [9.17, 15) is 14.0 Å². The fourth-order valence-corrected chi connectivity index (χ4v) is 5.91. The van der Waals surface area contributed by atoms with Crippen molar-refractivity contribution in [2.24, 2.45) is 17.8 Å². The van der Waals surface area contributed by atoms with Gasteiger partial charge >= 0.3 is 0 Å². The minimum absolute atomic E-state index is 0.0694. The van der Waals surface area contributed by atoms with Gasteiger partial charge in [-0.25, -0.2) is 4.39 Å². The van der Waals surface area contributed by atoms with Gasteiger partial charge in [0.25, 0.3) is 0 Å². The van der Waals surface area contributed by atoms with Crippen LogP contribution in [0, 0.1) is 23.6 Å². The SMILES string of the molecule is O=C(NC1CCC(CCN2CCC(C(=O)c3ccc(F)cc3)CC2)CC1)C1CCCCC1. The highest BCUT2D eigenvalue weighted by molar-refractivity contribution is 5.97. The van der Waals surface area contributed by atoms with Crippen molar-refractivity contribution in [3.05, 3.63) is 35.6 Å². The van der Waals surface area contributed by atoms with E-state index in [-0.39, 0.29) is 23.4 Å². The molecule has 3 fully saturated rings. The zero-order chi connectivity index (χ0) is 22.3. The lowest BCUT2D eigenvalue weighted by Gasteiger charge is -2.34. The highest BCUT2D eigenvalue weighted by Gasteiger charge is 2.28. The number of likely N-dealkylation sites (tertiary alicyclic amines) is 1. The summed E-state index contributed by atoms with van der Waals surface area (Å²) in [6, 6.07) is 6.35. The quantitative estimate of drug-likeness (QED) is 0.578. The van der Waals surface area contributed by atoms with E-state index in [1.54, 1.807) is 12.1 Å². The van der Waals surface area contributed by atoms with E-state index in [1.165, 1.54) is 50.7 Å². The lowest BCUT2D eigenvalue weighted by Crippen LogP contribution is -2.42. The molecule has 4 rings (SSSR count). The number of rotatable bonds is 7. The number of nitrogens with zero attached hydrogens (tertiary/aromatic N) is 1. The van der Waals surface area contributed by atoms with Crippen LogP contribution in [-0.2, 0) is 4.79 Å². The van der Waals surface area contributed by atoms with Crippen LogP contribution in [0.25, 0.3) is 0 Å². The van der Waals surface area contributed by atoms with E-state index < -0.39 is 0 Å². The molecule has 4 nitrogen and oxygen atoms in total. The highest BCUT2D eigenvalue weighted by Crippen LogP contribution is 2.30. The fraction of sp³-hybridized carbons (Fsp3) is 0.704. The van der Waals surface area contributed by atoms with Crippen LogP contribution in [-0.4, -0.2) is 42.3 Å². The monoisotopic (exact) mass is 442 g/mol. The van der Waals surface area contributed by atoms with Crippen LogP contribution in [0.3, 0.4) is 0 Å². The largest absolute Gasteiger partial charge is 0.353 e. The number of hydrogen-bond donors (Lipinski definition) is 1. The van der Waals surface area contributed by atoms with Crippen molar-refractivity contribution in [2.75, 3.05) is 19.6 Å². The Kier molecular flexibility index (Phi) is 8.34. The predicted molar refractivity (Wildman–Crippen MR) is 125 cm³/mol. The Hall–Kier alpha value is -1.75. The molecule has 1 aliphatic heterocycles. The van der Waals surface area contributed by atoms with Crippen LogP contribution in [0.5, 0.6) is 0 Å². The third kappa shape index (κ3) is 6.40. The molecule has 0 atom stereocenters. The molecule has 5 heteroatoms. The summed E-state index contributed by atoms with van der Waals surface area (Å²) in [4.78, 5) is 27.7. The van der Waals surface area contributed by atoms with Gasteiger partial charge in [0.2, 0.25) is 5.91 Å². The first kappa shape index (κ1) is 23.4. The summed E-state index contributed by atoms with van der Waals surface area (Å²) in [6.45, 7) is 3.07. The molecule has 1 amide bonds. The van der Waals surface area contributed by atoms with Gasteiger partial charge in [0.1, 0.15) is 5.82 Å². The average Bonchev–Trinajstić information content (AvgIpc) is 2.84. The molecular formula is C27H39FN2O2. The topological polar surface area (TPSA) is 49.4 Å². The summed E-state index contributed by atoms with van der Waals surface area (Å²) in [7, 11) is 0. The first-order valence-corrected chi connectivity index (χ1v) is 12.9. The van der Waals surface area contributed by atoms with Crippen molar-refractivity contribution in [1.29, 1.82) is 0 Å². The van der Waals surface area contributed by atoms with Crippen LogP contribution >= 0.6 is 0 Å². The zero-order valence-corrected chi connectivity index (χ0v) is 19.4. The van der Waals surface area contributed by atoms with Crippen LogP contribution in [0.1, 0.15) is 87.4 Å². The van der Waals surface area contributed by atoms with Gasteiger partial charge in [0.15, 0.2) is 5.78 Å². The second kappa shape index (κ2) is 11.4. The number of halogens is 1. The molecule has 1 aromatic carbocycles. The summed E-state index contributed by atoms with van der Waals surface area (Å²) >= 11 is 0. The predicted octanol–water partition coefficient (Wildman–Crippen LogP) is 5.37. The van der Waals surface area contributed by atoms with Gasteiger partial charge in [0, 0.05) is 23.4 Å². The molecule has 0 unspecified atom stereocenters. The molecule has 176 valence electrons. The Labute approximate surface area is 192 Å². The van der Waals surface area contributed by atoms with Crippen LogP contribution in [0.4, 0.5) is 4.39 Å². The Morgan fingerprint density at radius 1 is 0.844 bits per heavy atom. The molecule has 32 heavy (non-hydrogen) atoms. The number of carbonyl (C=O) groups is 2. The standard InChI is InChI=1S/C27H39FN2O2/c28-24-10-8-21(9-11-24)26(31)22-15-18-30(19-16-22)17-14-20-6-12-25(13-7-20)29-27(32)23-4-2-1-3-5-23/h8-11,20,22-23,25H,1-7,12-19H2,(H,29,32). The number of Topliss-reactive ketones (excluding diaryl/α,β-unsaturated/α-hetero) is 1. The third-order valence-electron chi connectivity index (χ3n) is 8.11. The number of ketones is 1. The van der Waals surface area contributed by atoms with Crippen molar-refractivity contribution < 1.29 is 14.0 Å². The Bertz CT molecular complexity index is 743.